The lowest BCUT2D eigenvalue weighted by molar-refractivity contribution is -0.145. The number of hydrogen-bond donors (Lipinski definition) is 1. The van der Waals surface area contributed by atoms with Gasteiger partial charge in [-0.1, -0.05) is 6.92 Å². The van der Waals surface area contributed by atoms with Crippen LogP contribution in [0.25, 0.3) is 11.2 Å². The van der Waals surface area contributed by atoms with E-state index in [1.807, 2.05) is 19.1 Å². The molecule has 2 rings (SSSR count). The number of carbonyl (C=O) groups excluding carboxylic acids is 1. The van der Waals surface area contributed by atoms with Gasteiger partial charge in [0.15, 0.2) is 5.65 Å². The first kappa shape index (κ1) is 11.6. The Kier molecular flexibility index (Phi) is 3.37. The smallest absolute Gasteiger partial charge is 0.316 e. The molecule has 2 aromatic heterocycles. The van der Waals surface area contributed by atoms with Crippen molar-refractivity contribution < 1.29 is 9.53 Å². The van der Waals surface area contributed by atoms with Crippen LogP contribution in [-0.2, 0) is 9.53 Å². The number of nitrogens with one attached hydrogen (secondary N) is 1. The maximum atomic E-state index is 11.7. The predicted octanol–water partition coefficient (Wildman–Crippen LogP) is 2.01. The van der Waals surface area contributed by atoms with Crippen LogP contribution in [0.5, 0.6) is 0 Å². The van der Waals surface area contributed by atoms with Crippen molar-refractivity contribution in [2.75, 3.05) is 6.61 Å². The van der Waals surface area contributed by atoms with Crippen LogP contribution in [0.4, 0.5) is 0 Å². The van der Waals surface area contributed by atoms with E-state index < -0.39 is 0 Å². The molecule has 0 aliphatic heterocycles. The van der Waals surface area contributed by atoms with E-state index >= 15 is 0 Å². The summed E-state index contributed by atoms with van der Waals surface area (Å²) >= 11 is 0. The van der Waals surface area contributed by atoms with Gasteiger partial charge in [-0.15, -0.1) is 0 Å². The number of carbonyl (C=O) groups is 1. The molecule has 0 aliphatic carbocycles. The van der Waals surface area contributed by atoms with Crippen molar-refractivity contribution >= 4 is 17.1 Å². The molecule has 0 spiro atoms. The Labute approximate surface area is 99.2 Å². The Morgan fingerprint density at radius 2 is 2.35 bits per heavy atom. The van der Waals surface area contributed by atoms with Crippen molar-refractivity contribution in [2.24, 2.45) is 0 Å². The highest BCUT2D eigenvalue weighted by Crippen LogP contribution is 2.20. The molecule has 0 fully saturated rings. The number of aromatic nitrogens is 3. The lowest BCUT2D eigenvalue weighted by atomic mass is 10.1. The van der Waals surface area contributed by atoms with Crippen LogP contribution in [0.15, 0.2) is 18.3 Å². The molecular formula is C12H15N3O2. The first-order chi connectivity index (χ1) is 8.26. The second kappa shape index (κ2) is 4.95. The lowest BCUT2D eigenvalue weighted by Crippen LogP contribution is -2.16. The number of ether oxygens (including phenoxy) is 1. The number of aromatic amines is 1. The lowest BCUT2D eigenvalue weighted by Gasteiger charge is -2.10. The summed E-state index contributed by atoms with van der Waals surface area (Å²) in [4.78, 5) is 23.3. The van der Waals surface area contributed by atoms with Crippen molar-refractivity contribution in [3.05, 3.63) is 24.2 Å². The molecule has 1 N–H and O–H groups in total. The molecule has 5 nitrogen and oxygen atoms in total. The maximum absolute atomic E-state index is 11.7. The monoisotopic (exact) mass is 233 g/mol. The average molecular weight is 233 g/mol. The van der Waals surface area contributed by atoms with Crippen molar-refractivity contribution in [2.45, 2.75) is 26.2 Å². The summed E-state index contributed by atoms with van der Waals surface area (Å²) in [5.74, 6) is 0.0397. The van der Waals surface area contributed by atoms with Crippen LogP contribution in [0.2, 0.25) is 0 Å². The fourth-order valence-corrected chi connectivity index (χ4v) is 1.74. The predicted molar refractivity (Wildman–Crippen MR) is 63.6 cm³/mol. The number of pyridine rings is 1. The van der Waals surface area contributed by atoms with Gasteiger partial charge in [-0.05, 0) is 25.5 Å². The second-order valence-corrected chi connectivity index (χ2v) is 3.71. The molecule has 17 heavy (non-hydrogen) atoms. The molecule has 0 saturated heterocycles. The Hall–Kier alpha value is -1.91. The summed E-state index contributed by atoms with van der Waals surface area (Å²) in [6.45, 7) is 4.11. The van der Waals surface area contributed by atoms with E-state index in [2.05, 4.69) is 15.0 Å². The quantitative estimate of drug-likeness (QED) is 0.820. The highest BCUT2D eigenvalue weighted by atomic mass is 16.5. The Bertz CT molecular complexity index is 488. The second-order valence-electron chi connectivity index (χ2n) is 3.71. The molecule has 2 heterocycles. The number of imidazole rings is 1. The topological polar surface area (TPSA) is 67.9 Å². The van der Waals surface area contributed by atoms with Gasteiger partial charge in [0.2, 0.25) is 0 Å². The van der Waals surface area contributed by atoms with Crippen molar-refractivity contribution in [3.63, 3.8) is 0 Å². The van der Waals surface area contributed by atoms with E-state index in [1.54, 1.807) is 13.1 Å². The van der Waals surface area contributed by atoms with E-state index in [1.165, 1.54) is 0 Å². The van der Waals surface area contributed by atoms with Gasteiger partial charge in [0.1, 0.15) is 11.7 Å². The Morgan fingerprint density at radius 3 is 3.00 bits per heavy atom. The molecule has 2 aromatic rings. The van der Waals surface area contributed by atoms with Gasteiger partial charge in [-0.25, -0.2) is 9.97 Å². The minimum absolute atomic E-state index is 0.242. The van der Waals surface area contributed by atoms with Crippen molar-refractivity contribution in [1.29, 1.82) is 0 Å². The zero-order valence-corrected chi connectivity index (χ0v) is 9.93. The van der Waals surface area contributed by atoms with Crippen LogP contribution in [0.3, 0.4) is 0 Å². The fraction of sp³-hybridized carbons (Fsp3) is 0.417. The number of esters is 1. The summed E-state index contributed by atoms with van der Waals surface area (Å²) < 4.78 is 5.03. The number of nitrogens with zero attached hydrogens (tertiary/aromatic N) is 2. The first-order valence-corrected chi connectivity index (χ1v) is 5.73. The minimum Gasteiger partial charge on any atom is -0.465 e. The number of H-pyrrole nitrogens is 1. The average Bonchev–Trinajstić information content (AvgIpc) is 2.73. The Morgan fingerprint density at radius 1 is 1.53 bits per heavy atom. The molecule has 0 radical (unpaired) electrons. The molecular weight excluding hydrogens is 218 g/mol. The first-order valence-electron chi connectivity index (χ1n) is 5.73. The van der Waals surface area contributed by atoms with Gasteiger partial charge >= 0.3 is 5.97 Å². The Balaban J connectivity index is 2.33. The molecule has 0 saturated carbocycles. The van der Waals surface area contributed by atoms with E-state index in [0.29, 0.717) is 24.5 Å². The van der Waals surface area contributed by atoms with Crippen LogP contribution in [0, 0.1) is 0 Å². The molecule has 5 heteroatoms. The zero-order chi connectivity index (χ0) is 12.3. The van der Waals surface area contributed by atoms with Gasteiger partial charge in [0.25, 0.3) is 0 Å². The highest BCUT2D eigenvalue weighted by molar-refractivity contribution is 5.79. The fourth-order valence-electron chi connectivity index (χ4n) is 1.74. The van der Waals surface area contributed by atoms with Gasteiger partial charge in [0, 0.05) is 6.20 Å². The maximum Gasteiger partial charge on any atom is 0.316 e. The SMILES string of the molecule is CCOC(=O)C(CC)c1nc2ncccc2[nH]1. The van der Waals surface area contributed by atoms with E-state index in [0.717, 1.165) is 5.52 Å². The van der Waals surface area contributed by atoms with Crippen LogP contribution < -0.4 is 0 Å². The molecule has 1 atom stereocenters. The zero-order valence-electron chi connectivity index (χ0n) is 9.93. The van der Waals surface area contributed by atoms with Gasteiger partial charge in [-0.2, -0.15) is 0 Å². The normalized spacial score (nSPS) is 12.6. The number of hydrogen-bond acceptors (Lipinski definition) is 4. The standard InChI is InChI=1S/C12H15N3O2/c1-3-8(12(16)17-4-2)10-14-9-6-5-7-13-11(9)15-10/h5-8H,3-4H2,1-2H3,(H,13,14,15). The summed E-state index contributed by atoms with van der Waals surface area (Å²) in [5.41, 5.74) is 1.47. The van der Waals surface area contributed by atoms with Crippen LogP contribution >= 0.6 is 0 Å². The number of rotatable bonds is 4. The highest BCUT2D eigenvalue weighted by Gasteiger charge is 2.23. The third kappa shape index (κ3) is 2.27. The minimum atomic E-state index is -0.343. The number of fused-ring (bicyclic) bond motifs is 1. The van der Waals surface area contributed by atoms with Gasteiger partial charge < -0.3 is 9.72 Å². The van der Waals surface area contributed by atoms with Crippen molar-refractivity contribution in [3.8, 4) is 0 Å². The largest absolute Gasteiger partial charge is 0.465 e. The third-order valence-corrected chi connectivity index (χ3v) is 2.59. The van der Waals surface area contributed by atoms with E-state index in [9.17, 15) is 4.79 Å². The molecule has 90 valence electrons. The summed E-state index contributed by atoms with van der Waals surface area (Å²) in [5, 5.41) is 0. The van der Waals surface area contributed by atoms with Gasteiger partial charge in [-0.3, -0.25) is 4.79 Å². The molecule has 0 aliphatic rings. The molecule has 0 bridgehead atoms. The van der Waals surface area contributed by atoms with E-state index in [4.69, 9.17) is 4.74 Å². The van der Waals surface area contributed by atoms with Crippen molar-refractivity contribution in [1.82, 2.24) is 15.0 Å². The van der Waals surface area contributed by atoms with E-state index in [-0.39, 0.29) is 11.9 Å². The summed E-state index contributed by atoms with van der Waals surface area (Å²) in [6.07, 6.45) is 2.33. The molecule has 1 unspecified atom stereocenters. The van der Waals surface area contributed by atoms with Gasteiger partial charge in [0.05, 0.1) is 12.1 Å². The molecule has 0 aromatic carbocycles. The van der Waals surface area contributed by atoms with Crippen LogP contribution in [-0.4, -0.2) is 27.5 Å². The van der Waals surface area contributed by atoms with Crippen LogP contribution in [0.1, 0.15) is 32.0 Å². The third-order valence-electron chi connectivity index (χ3n) is 2.59. The summed E-state index contributed by atoms with van der Waals surface area (Å²) in [6, 6.07) is 3.71. The summed E-state index contributed by atoms with van der Waals surface area (Å²) in [7, 11) is 0. The molecule has 0 amide bonds.